The van der Waals surface area contributed by atoms with Gasteiger partial charge in [-0.15, -0.1) is 0 Å². The summed E-state index contributed by atoms with van der Waals surface area (Å²) < 4.78 is 10.7. The zero-order chi connectivity index (χ0) is 14.5. The molecule has 1 aliphatic heterocycles. The third-order valence-electron chi connectivity index (χ3n) is 3.71. The van der Waals surface area contributed by atoms with E-state index in [1.807, 2.05) is 0 Å². The molecule has 0 bridgehead atoms. The van der Waals surface area contributed by atoms with Crippen LogP contribution in [-0.4, -0.2) is 54.9 Å². The molecule has 0 aromatic carbocycles. The number of ether oxygens (including phenoxy) is 2. The highest BCUT2D eigenvalue weighted by atomic mass is 16.5. The molecule has 1 heterocycles. The molecule has 19 heavy (non-hydrogen) atoms. The second-order valence-electron chi connectivity index (χ2n) is 5.59. The van der Waals surface area contributed by atoms with Crippen molar-refractivity contribution in [3.63, 3.8) is 0 Å². The Bertz CT molecular complexity index is 294. The maximum absolute atomic E-state index is 11.8. The van der Waals surface area contributed by atoms with Gasteiger partial charge in [-0.05, 0) is 33.6 Å². The summed E-state index contributed by atoms with van der Waals surface area (Å²) in [6.07, 6.45) is 1.91. The highest BCUT2D eigenvalue weighted by Crippen LogP contribution is 2.19. The fourth-order valence-corrected chi connectivity index (χ4v) is 2.51. The first-order valence-electron chi connectivity index (χ1n) is 7.22. The van der Waals surface area contributed by atoms with Crippen LogP contribution in [0.5, 0.6) is 0 Å². The van der Waals surface area contributed by atoms with Crippen LogP contribution in [0, 0.1) is 0 Å². The van der Waals surface area contributed by atoms with Crippen LogP contribution in [0.1, 0.15) is 40.5 Å². The van der Waals surface area contributed by atoms with E-state index in [1.165, 1.54) is 0 Å². The number of esters is 1. The predicted molar refractivity (Wildman–Crippen MR) is 74.9 cm³/mol. The summed E-state index contributed by atoms with van der Waals surface area (Å²) in [4.78, 5) is 14.2. The van der Waals surface area contributed by atoms with E-state index in [-0.39, 0.29) is 12.0 Å². The van der Waals surface area contributed by atoms with Crippen LogP contribution in [0.15, 0.2) is 0 Å². The molecule has 0 radical (unpaired) electrons. The lowest BCUT2D eigenvalue weighted by Crippen LogP contribution is -2.53. The van der Waals surface area contributed by atoms with Gasteiger partial charge in [0.2, 0.25) is 0 Å². The molecule has 0 amide bonds. The molecule has 0 aliphatic carbocycles. The summed E-state index contributed by atoms with van der Waals surface area (Å²) in [5.41, 5.74) is 5.17. The molecule has 3 unspecified atom stereocenters. The Kier molecular flexibility index (Phi) is 6.23. The molecule has 1 saturated heterocycles. The number of rotatable bonds is 6. The van der Waals surface area contributed by atoms with Gasteiger partial charge in [0, 0.05) is 19.1 Å². The zero-order valence-electron chi connectivity index (χ0n) is 12.6. The van der Waals surface area contributed by atoms with Gasteiger partial charge in [0.1, 0.15) is 5.54 Å². The quantitative estimate of drug-likeness (QED) is 0.735. The number of nitrogens with zero attached hydrogens (tertiary/aromatic N) is 1. The average Bonchev–Trinajstić information content (AvgIpc) is 2.38. The van der Waals surface area contributed by atoms with Crippen molar-refractivity contribution in [1.29, 1.82) is 0 Å². The van der Waals surface area contributed by atoms with Crippen LogP contribution in [0.4, 0.5) is 0 Å². The topological polar surface area (TPSA) is 64.8 Å². The summed E-state index contributed by atoms with van der Waals surface area (Å²) >= 11 is 0. The van der Waals surface area contributed by atoms with E-state index in [4.69, 9.17) is 15.2 Å². The molecule has 0 spiro atoms. The molecule has 3 atom stereocenters. The molecule has 0 aromatic rings. The molecule has 1 aliphatic rings. The fraction of sp³-hybridized carbons (Fsp3) is 0.929. The summed E-state index contributed by atoms with van der Waals surface area (Å²) in [6.45, 7) is 10.7. The predicted octanol–water partition coefficient (Wildman–Crippen LogP) is 1.16. The van der Waals surface area contributed by atoms with Gasteiger partial charge in [0.05, 0.1) is 19.3 Å². The number of carbonyl (C=O) groups is 1. The number of morpholine rings is 1. The van der Waals surface area contributed by atoms with E-state index < -0.39 is 5.54 Å². The molecular weight excluding hydrogens is 244 g/mol. The molecule has 0 aromatic heterocycles. The van der Waals surface area contributed by atoms with Crippen molar-refractivity contribution in [1.82, 2.24) is 4.90 Å². The van der Waals surface area contributed by atoms with Crippen molar-refractivity contribution in [2.75, 3.05) is 26.3 Å². The SMILES string of the molecule is CCOC(=O)C(C)(N)CC(C)N1CCOC(CC)C1. The van der Waals surface area contributed by atoms with Crippen molar-refractivity contribution in [2.24, 2.45) is 5.73 Å². The Labute approximate surface area is 116 Å². The maximum Gasteiger partial charge on any atom is 0.325 e. The molecule has 5 heteroatoms. The molecule has 1 rings (SSSR count). The Morgan fingerprint density at radius 2 is 2.26 bits per heavy atom. The Morgan fingerprint density at radius 3 is 2.84 bits per heavy atom. The van der Waals surface area contributed by atoms with Gasteiger partial charge in [-0.25, -0.2) is 0 Å². The van der Waals surface area contributed by atoms with Crippen LogP contribution >= 0.6 is 0 Å². The monoisotopic (exact) mass is 272 g/mol. The Hall–Kier alpha value is -0.650. The van der Waals surface area contributed by atoms with Gasteiger partial charge < -0.3 is 15.2 Å². The maximum atomic E-state index is 11.8. The fourth-order valence-electron chi connectivity index (χ4n) is 2.51. The molecule has 112 valence electrons. The van der Waals surface area contributed by atoms with Gasteiger partial charge >= 0.3 is 5.97 Å². The second kappa shape index (κ2) is 7.22. The first-order chi connectivity index (χ1) is 8.90. The van der Waals surface area contributed by atoms with Crippen molar-refractivity contribution >= 4 is 5.97 Å². The molecule has 0 saturated carbocycles. The second-order valence-corrected chi connectivity index (χ2v) is 5.59. The van der Waals surface area contributed by atoms with E-state index in [0.29, 0.717) is 19.1 Å². The minimum absolute atomic E-state index is 0.248. The van der Waals surface area contributed by atoms with Crippen molar-refractivity contribution < 1.29 is 14.3 Å². The van der Waals surface area contributed by atoms with E-state index in [1.54, 1.807) is 13.8 Å². The van der Waals surface area contributed by atoms with E-state index >= 15 is 0 Å². The largest absolute Gasteiger partial charge is 0.465 e. The van der Waals surface area contributed by atoms with Crippen LogP contribution in [0.2, 0.25) is 0 Å². The normalized spacial score (nSPS) is 25.6. The van der Waals surface area contributed by atoms with Gasteiger partial charge in [0.15, 0.2) is 0 Å². The van der Waals surface area contributed by atoms with Gasteiger partial charge in [-0.2, -0.15) is 0 Å². The standard InChI is InChI=1S/C14H28N2O3/c1-5-12-10-16(7-8-19-12)11(3)9-14(4,15)13(17)18-6-2/h11-12H,5-10,15H2,1-4H3. The highest BCUT2D eigenvalue weighted by Gasteiger charge is 2.34. The van der Waals surface area contributed by atoms with Gasteiger partial charge in [0.25, 0.3) is 0 Å². The van der Waals surface area contributed by atoms with E-state index in [2.05, 4.69) is 18.7 Å². The number of hydrogen-bond donors (Lipinski definition) is 1. The molecule has 2 N–H and O–H groups in total. The third-order valence-corrected chi connectivity index (χ3v) is 3.71. The van der Waals surface area contributed by atoms with Crippen LogP contribution < -0.4 is 5.73 Å². The Balaban J connectivity index is 2.53. The lowest BCUT2D eigenvalue weighted by atomic mass is 9.93. The number of hydrogen-bond acceptors (Lipinski definition) is 5. The summed E-state index contributed by atoms with van der Waals surface area (Å²) in [5.74, 6) is -0.317. The lowest BCUT2D eigenvalue weighted by molar-refractivity contribution is -0.150. The molecular formula is C14H28N2O3. The van der Waals surface area contributed by atoms with Crippen molar-refractivity contribution in [2.45, 2.75) is 58.2 Å². The molecule has 1 fully saturated rings. The zero-order valence-corrected chi connectivity index (χ0v) is 12.6. The first-order valence-corrected chi connectivity index (χ1v) is 7.22. The average molecular weight is 272 g/mol. The van der Waals surface area contributed by atoms with Crippen LogP contribution in [-0.2, 0) is 14.3 Å². The van der Waals surface area contributed by atoms with Crippen molar-refractivity contribution in [3.05, 3.63) is 0 Å². The minimum atomic E-state index is -0.921. The Morgan fingerprint density at radius 1 is 1.58 bits per heavy atom. The summed E-state index contributed by atoms with van der Waals surface area (Å²) in [6, 6.07) is 0.248. The minimum Gasteiger partial charge on any atom is -0.465 e. The van der Waals surface area contributed by atoms with Gasteiger partial charge in [-0.1, -0.05) is 6.92 Å². The van der Waals surface area contributed by atoms with Crippen molar-refractivity contribution in [3.8, 4) is 0 Å². The van der Waals surface area contributed by atoms with E-state index in [9.17, 15) is 4.79 Å². The summed E-state index contributed by atoms with van der Waals surface area (Å²) in [5, 5.41) is 0. The third kappa shape index (κ3) is 4.75. The van der Waals surface area contributed by atoms with Crippen LogP contribution in [0.25, 0.3) is 0 Å². The number of carbonyl (C=O) groups excluding carboxylic acids is 1. The van der Waals surface area contributed by atoms with E-state index in [0.717, 1.165) is 26.1 Å². The van der Waals surface area contributed by atoms with Crippen LogP contribution in [0.3, 0.4) is 0 Å². The highest BCUT2D eigenvalue weighted by molar-refractivity contribution is 5.80. The smallest absolute Gasteiger partial charge is 0.325 e. The lowest BCUT2D eigenvalue weighted by Gasteiger charge is -2.38. The molecule has 5 nitrogen and oxygen atoms in total. The summed E-state index contributed by atoms with van der Waals surface area (Å²) in [7, 11) is 0. The number of nitrogens with two attached hydrogens (primary N) is 1. The van der Waals surface area contributed by atoms with Gasteiger partial charge in [-0.3, -0.25) is 9.69 Å². The first kappa shape index (κ1) is 16.4.